The van der Waals surface area contributed by atoms with E-state index in [9.17, 15) is 13.2 Å². The van der Waals surface area contributed by atoms with Crippen LogP contribution in [0.1, 0.15) is 28.9 Å². The predicted octanol–water partition coefficient (Wildman–Crippen LogP) is 2.70. The number of sulfonamides is 1. The highest BCUT2D eigenvalue weighted by Crippen LogP contribution is 2.22. The summed E-state index contributed by atoms with van der Waals surface area (Å²) in [6.07, 6.45) is 1.08. The molecule has 0 atom stereocenters. The van der Waals surface area contributed by atoms with E-state index in [1.165, 1.54) is 6.07 Å². The van der Waals surface area contributed by atoms with E-state index in [0.717, 1.165) is 32.9 Å². The highest BCUT2D eigenvalue weighted by atomic mass is 32.2. The van der Waals surface area contributed by atoms with E-state index in [0.29, 0.717) is 5.76 Å². The zero-order valence-corrected chi connectivity index (χ0v) is 15.9. The molecule has 136 valence electrons. The maximum absolute atomic E-state index is 12.3. The van der Waals surface area contributed by atoms with Gasteiger partial charge in [-0.3, -0.25) is 9.10 Å². The Bertz CT molecular complexity index is 864. The van der Waals surface area contributed by atoms with E-state index < -0.39 is 10.0 Å². The van der Waals surface area contributed by atoms with Gasteiger partial charge >= 0.3 is 0 Å². The zero-order chi connectivity index (χ0) is 18.8. The van der Waals surface area contributed by atoms with E-state index in [1.54, 1.807) is 6.92 Å². The molecule has 1 heterocycles. The van der Waals surface area contributed by atoms with Gasteiger partial charge in [0.05, 0.1) is 6.26 Å². The summed E-state index contributed by atoms with van der Waals surface area (Å²) in [5, 5.41) is 6.59. The molecule has 2 aromatic rings. The second-order valence-electron chi connectivity index (χ2n) is 6.20. The van der Waals surface area contributed by atoms with Crippen LogP contribution in [-0.2, 0) is 14.8 Å². The fraction of sp³-hybridized carbons (Fsp3) is 0.412. The first-order chi connectivity index (χ1) is 11.6. The molecule has 0 aliphatic rings. The van der Waals surface area contributed by atoms with Crippen LogP contribution in [0, 0.1) is 27.7 Å². The minimum absolute atomic E-state index is 0.00569. The lowest BCUT2D eigenvalue weighted by atomic mass is 10.1. The molecule has 0 aliphatic carbocycles. The molecule has 8 heteroatoms. The molecule has 0 bridgehead atoms. The summed E-state index contributed by atoms with van der Waals surface area (Å²) < 4.78 is 29.9. The predicted molar refractivity (Wildman–Crippen MR) is 97.3 cm³/mol. The van der Waals surface area contributed by atoms with Gasteiger partial charge in [-0.05, 0) is 38.8 Å². The normalized spacial score (nSPS) is 11.4. The minimum Gasteiger partial charge on any atom is -0.360 e. The van der Waals surface area contributed by atoms with Gasteiger partial charge in [0.25, 0.3) is 0 Å². The molecule has 7 nitrogen and oxygen atoms in total. The molecule has 0 spiro atoms. The van der Waals surface area contributed by atoms with Crippen molar-refractivity contribution in [3.8, 4) is 0 Å². The molecule has 0 aliphatic heterocycles. The highest BCUT2D eigenvalue weighted by molar-refractivity contribution is 7.92. The number of carbonyl (C=O) groups is 1. The topological polar surface area (TPSA) is 92.5 Å². The quantitative estimate of drug-likeness (QED) is 0.850. The van der Waals surface area contributed by atoms with Crippen molar-refractivity contribution in [1.82, 2.24) is 5.16 Å². The first kappa shape index (κ1) is 19.0. The average molecular weight is 365 g/mol. The summed E-state index contributed by atoms with van der Waals surface area (Å²) in [7, 11) is -3.56. The third kappa shape index (κ3) is 4.82. The number of anilines is 2. The summed E-state index contributed by atoms with van der Waals surface area (Å²) in [5.74, 6) is 0.415. The Balaban J connectivity index is 2.10. The Hall–Kier alpha value is -2.35. The number of aryl methyl sites for hydroxylation is 4. The van der Waals surface area contributed by atoms with Crippen LogP contribution in [0.25, 0.3) is 0 Å². The maximum atomic E-state index is 12.3. The maximum Gasteiger partial charge on any atom is 0.233 e. The number of nitrogens with zero attached hydrogens (tertiary/aromatic N) is 2. The third-order valence-corrected chi connectivity index (χ3v) is 4.93. The Morgan fingerprint density at radius 1 is 1.16 bits per heavy atom. The van der Waals surface area contributed by atoms with E-state index in [-0.39, 0.29) is 24.7 Å². The van der Waals surface area contributed by atoms with E-state index in [1.807, 2.05) is 32.9 Å². The monoisotopic (exact) mass is 365 g/mol. The molecule has 0 saturated heterocycles. The van der Waals surface area contributed by atoms with Gasteiger partial charge in [-0.25, -0.2) is 8.42 Å². The number of rotatable bonds is 6. The van der Waals surface area contributed by atoms with Gasteiger partial charge in [-0.2, -0.15) is 0 Å². The van der Waals surface area contributed by atoms with Crippen molar-refractivity contribution in [3.05, 3.63) is 40.6 Å². The lowest BCUT2D eigenvalue weighted by Gasteiger charge is -2.19. The Kier molecular flexibility index (Phi) is 5.52. The molecule has 1 N–H and O–H groups in total. The fourth-order valence-electron chi connectivity index (χ4n) is 2.70. The number of hydrogen-bond acceptors (Lipinski definition) is 5. The Labute approximate surface area is 148 Å². The largest absolute Gasteiger partial charge is 0.360 e. The van der Waals surface area contributed by atoms with Crippen molar-refractivity contribution >= 4 is 27.4 Å². The van der Waals surface area contributed by atoms with Gasteiger partial charge in [-0.15, -0.1) is 0 Å². The smallest absolute Gasteiger partial charge is 0.233 e. The van der Waals surface area contributed by atoms with Gasteiger partial charge in [-0.1, -0.05) is 22.9 Å². The molecular weight excluding hydrogens is 342 g/mol. The molecule has 1 amide bonds. The van der Waals surface area contributed by atoms with Crippen LogP contribution in [-0.4, -0.2) is 32.3 Å². The number of carbonyl (C=O) groups excluding carboxylic acids is 1. The molecule has 2 rings (SSSR count). The Morgan fingerprint density at radius 2 is 1.76 bits per heavy atom. The summed E-state index contributed by atoms with van der Waals surface area (Å²) in [6.45, 7) is 7.51. The standard InChI is InChI=1S/C17H23N3O4S/c1-11-8-12(2)17(13(3)9-11)18-16(21)6-7-20(25(5,22)23)15-10-14(4)24-19-15/h8-10H,6-7H2,1-5H3,(H,18,21). The summed E-state index contributed by atoms with van der Waals surface area (Å²) in [5.41, 5.74) is 3.83. The average Bonchev–Trinajstić information content (AvgIpc) is 2.87. The van der Waals surface area contributed by atoms with Gasteiger partial charge in [0.15, 0.2) is 5.82 Å². The lowest BCUT2D eigenvalue weighted by Crippen LogP contribution is -2.33. The molecule has 0 saturated carbocycles. The first-order valence-corrected chi connectivity index (χ1v) is 9.71. The van der Waals surface area contributed by atoms with Crippen molar-refractivity contribution in [3.63, 3.8) is 0 Å². The van der Waals surface area contributed by atoms with Crippen LogP contribution in [0.3, 0.4) is 0 Å². The molecule has 0 radical (unpaired) electrons. The zero-order valence-electron chi connectivity index (χ0n) is 15.1. The molecule has 25 heavy (non-hydrogen) atoms. The number of aromatic nitrogens is 1. The molecule has 0 fully saturated rings. The summed E-state index contributed by atoms with van der Waals surface area (Å²) in [4.78, 5) is 12.3. The number of nitrogens with one attached hydrogen (secondary N) is 1. The SMILES string of the molecule is Cc1cc(C)c(NC(=O)CCN(c2cc(C)on2)S(C)(=O)=O)c(C)c1. The van der Waals surface area contributed by atoms with Gasteiger partial charge in [0.1, 0.15) is 5.76 Å². The second-order valence-corrected chi connectivity index (χ2v) is 8.11. The van der Waals surface area contributed by atoms with Crippen LogP contribution in [0.5, 0.6) is 0 Å². The highest BCUT2D eigenvalue weighted by Gasteiger charge is 2.22. The van der Waals surface area contributed by atoms with Gasteiger partial charge < -0.3 is 9.84 Å². The summed E-state index contributed by atoms with van der Waals surface area (Å²) in [6, 6.07) is 5.50. The van der Waals surface area contributed by atoms with Gasteiger partial charge in [0, 0.05) is 24.7 Å². The molecular formula is C17H23N3O4S. The van der Waals surface area contributed by atoms with Crippen LogP contribution in [0.4, 0.5) is 11.5 Å². The van der Waals surface area contributed by atoms with Crippen molar-refractivity contribution in [2.75, 3.05) is 22.4 Å². The van der Waals surface area contributed by atoms with Crippen molar-refractivity contribution in [2.24, 2.45) is 0 Å². The van der Waals surface area contributed by atoms with Gasteiger partial charge in [0.2, 0.25) is 15.9 Å². The van der Waals surface area contributed by atoms with Crippen LogP contribution >= 0.6 is 0 Å². The van der Waals surface area contributed by atoms with E-state index in [4.69, 9.17) is 4.52 Å². The van der Waals surface area contributed by atoms with E-state index >= 15 is 0 Å². The number of benzene rings is 1. The molecule has 0 unspecified atom stereocenters. The number of amides is 1. The number of hydrogen-bond donors (Lipinski definition) is 1. The van der Waals surface area contributed by atoms with Crippen LogP contribution < -0.4 is 9.62 Å². The first-order valence-electron chi connectivity index (χ1n) is 7.86. The molecule has 1 aromatic carbocycles. The van der Waals surface area contributed by atoms with Crippen LogP contribution in [0.2, 0.25) is 0 Å². The Morgan fingerprint density at radius 3 is 2.24 bits per heavy atom. The van der Waals surface area contributed by atoms with Crippen molar-refractivity contribution in [2.45, 2.75) is 34.1 Å². The second kappa shape index (κ2) is 7.26. The minimum atomic E-state index is -3.56. The fourth-order valence-corrected chi connectivity index (χ4v) is 3.55. The summed E-state index contributed by atoms with van der Waals surface area (Å²) >= 11 is 0. The van der Waals surface area contributed by atoms with E-state index in [2.05, 4.69) is 10.5 Å². The van der Waals surface area contributed by atoms with Crippen molar-refractivity contribution in [1.29, 1.82) is 0 Å². The van der Waals surface area contributed by atoms with Crippen molar-refractivity contribution < 1.29 is 17.7 Å². The molecule has 1 aromatic heterocycles. The van der Waals surface area contributed by atoms with Crippen LogP contribution in [0.15, 0.2) is 22.7 Å². The third-order valence-electron chi connectivity index (χ3n) is 3.75. The lowest BCUT2D eigenvalue weighted by molar-refractivity contribution is -0.116.